The van der Waals surface area contributed by atoms with Crippen molar-refractivity contribution in [2.24, 2.45) is 0 Å². The molecule has 0 spiro atoms. The average molecular weight is 361 g/mol. The van der Waals surface area contributed by atoms with Gasteiger partial charge < -0.3 is 9.72 Å². The average Bonchev–Trinajstić information content (AvgIpc) is 3.25. The van der Waals surface area contributed by atoms with Gasteiger partial charge in [-0.2, -0.15) is 0 Å². The van der Waals surface area contributed by atoms with Crippen LogP contribution in [0.3, 0.4) is 0 Å². The minimum absolute atomic E-state index is 0.114. The summed E-state index contributed by atoms with van der Waals surface area (Å²) in [6.07, 6.45) is 5.58. The molecule has 0 radical (unpaired) electrons. The minimum atomic E-state index is 0.114. The molecule has 1 unspecified atom stereocenters. The first-order chi connectivity index (χ1) is 11.8. The lowest BCUT2D eigenvalue weighted by atomic mass is 10.1. The third kappa shape index (κ3) is 3.37. The summed E-state index contributed by atoms with van der Waals surface area (Å²) in [6.45, 7) is 3.09. The van der Waals surface area contributed by atoms with Gasteiger partial charge in [-0.05, 0) is 23.8 Å². The van der Waals surface area contributed by atoms with E-state index in [0.717, 1.165) is 40.4 Å². The number of nitrogens with one attached hydrogen (secondary N) is 1. The predicted molar refractivity (Wildman–Crippen MR) is 95.1 cm³/mol. The highest BCUT2D eigenvalue weighted by Gasteiger charge is 2.27. The summed E-state index contributed by atoms with van der Waals surface area (Å²) >= 11 is 7.57. The number of halogens is 1. The highest BCUT2D eigenvalue weighted by molar-refractivity contribution is 7.19. The van der Waals surface area contributed by atoms with Crippen molar-refractivity contribution in [2.75, 3.05) is 19.8 Å². The maximum atomic E-state index is 6.03. The molecule has 124 valence electrons. The topological polar surface area (TPSA) is 54.0 Å². The lowest BCUT2D eigenvalue weighted by molar-refractivity contribution is -0.0156. The van der Waals surface area contributed by atoms with Crippen molar-refractivity contribution in [3.63, 3.8) is 0 Å². The lowest BCUT2D eigenvalue weighted by Gasteiger charge is -2.34. The number of H-pyrrole nitrogens is 1. The number of nitrogens with zero attached hydrogens (tertiary/aromatic N) is 3. The van der Waals surface area contributed by atoms with E-state index in [1.54, 1.807) is 17.5 Å². The van der Waals surface area contributed by atoms with Gasteiger partial charge in [0.25, 0.3) is 0 Å². The van der Waals surface area contributed by atoms with Crippen LogP contribution in [0, 0.1) is 0 Å². The smallest absolute Gasteiger partial charge is 0.126 e. The number of imidazole rings is 1. The molecule has 1 N–H and O–H groups in total. The van der Waals surface area contributed by atoms with Gasteiger partial charge in [-0.1, -0.05) is 17.7 Å². The van der Waals surface area contributed by atoms with E-state index in [-0.39, 0.29) is 6.04 Å². The molecule has 1 aliphatic heterocycles. The zero-order valence-electron chi connectivity index (χ0n) is 13.0. The van der Waals surface area contributed by atoms with Crippen molar-refractivity contribution in [3.8, 4) is 10.6 Å². The van der Waals surface area contributed by atoms with Crippen LogP contribution in [0.25, 0.3) is 10.6 Å². The zero-order valence-corrected chi connectivity index (χ0v) is 14.6. The number of aromatic nitrogens is 3. The first-order valence-electron chi connectivity index (χ1n) is 7.81. The fourth-order valence-electron chi connectivity index (χ4n) is 2.90. The molecule has 3 aromatic rings. The highest BCUT2D eigenvalue weighted by atomic mass is 35.5. The second-order valence-corrected chi connectivity index (χ2v) is 7.42. The number of rotatable bonds is 4. The van der Waals surface area contributed by atoms with Crippen LogP contribution in [0.2, 0.25) is 4.34 Å². The van der Waals surface area contributed by atoms with E-state index < -0.39 is 0 Å². The molecular weight excluding hydrogens is 344 g/mol. The molecular formula is C17H17ClN4OS. The molecule has 1 fully saturated rings. The number of morpholine rings is 1. The number of hydrogen-bond acceptors (Lipinski definition) is 5. The third-order valence-corrected chi connectivity index (χ3v) is 5.36. The van der Waals surface area contributed by atoms with Crippen molar-refractivity contribution in [1.29, 1.82) is 0 Å². The van der Waals surface area contributed by atoms with Crippen LogP contribution in [-0.2, 0) is 11.3 Å². The number of ether oxygens (including phenoxy) is 1. The number of pyridine rings is 1. The van der Waals surface area contributed by atoms with E-state index in [0.29, 0.717) is 6.61 Å². The first-order valence-corrected chi connectivity index (χ1v) is 9.00. The van der Waals surface area contributed by atoms with Gasteiger partial charge in [0.05, 0.1) is 40.4 Å². The molecule has 0 aromatic carbocycles. The molecule has 1 aliphatic rings. The monoisotopic (exact) mass is 360 g/mol. The molecule has 1 atom stereocenters. The molecule has 4 heterocycles. The molecule has 0 bridgehead atoms. The predicted octanol–water partition coefficient (Wildman–Crippen LogP) is 3.76. The van der Waals surface area contributed by atoms with E-state index in [1.807, 2.05) is 30.6 Å². The SMILES string of the molecule is Clc1ccc(-c2cnc(C3COCCN3Cc3cccnc3)[nH]2)s1. The second kappa shape index (κ2) is 7.03. The normalized spacial score (nSPS) is 18.8. The van der Waals surface area contributed by atoms with E-state index in [2.05, 4.69) is 25.9 Å². The van der Waals surface area contributed by atoms with Crippen molar-refractivity contribution in [2.45, 2.75) is 12.6 Å². The highest BCUT2D eigenvalue weighted by Crippen LogP contribution is 2.31. The summed E-state index contributed by atoms with van der Waals surface area (Å²) in [5.74, 6) is 0.929. The number of aromatic amines is 1. The van der Waals surface area contributed by atoms with Gasteiger partial charge in [0.1, 0.15) is 5.82 Å². The summed E-state index contributed by atoms with van der Waals surface area (Å²) in [4.78, 5) is 15.7. The quantitative estimate of drug-likeness (QED) is 0.769. The molecule has 0 amide bonds. The standard InChI is InChI=1S/C17H17ClN4OS/c18-16-4-3-15(24-16)13-9-20-17(21-13)14-11-23-7-6-22(14)10-12-2-1-5-19-8-12/h1-5,8-9,14H,6-7,10-11H2,(H,20,21). The maximum Gasteiger partial charge on any atom is 0.126 e. The van der Waals surface area contributed by atoms with Crippen molar-refractivity contribution >= 4 is 22.9 Å². The molecule has 24 heavy (non-hydrogen) atoms. The summed E-state index contributed by atoms with van der Waals surface area (Å²) in [5.41, 5.74) is 2.19. The Morgan fingerprint density at radius 3 is 3.08 bits per heavy atom. The van der Waals surface area contributed by atoms with Crippen molar-refractivity contribution in [1.82, 2.24) is 19.9 Å². The summed E-state index contributed by atoms with van der Waals surface area (Å²) in [6, 6.07) is 8.09. The summed E-state index contributed by atoms with van der Waals surface area (Å²) in [7, 11) is 0. The van der Waals surface area contributed by atoms with Gasteiger partial charge in [-0.25, -0.2) is 4.98 Å². The van der Waals surface area contributed by atoms with Gasteiger partial charge in [0.2, 0.25) is 0 Å². The van der Waals surface area contributed by atoms with Crippen LogP contribution in [0.4, 0.5) is 0 Å². The van der Waals surface area contributed by atoms with E-state index in [4.69, 9.17) is 16.3 Å². The molecule has 0 aliphatic carbocycles. The Balaban J connectivity index is 1.55. The van der Waals surface area contributed by atoms with Crippen LogP contribution in [0.1, 0.15) is 17.4 Å². The number of thiophene rings is 1. The number of hydrogen-bond donors (Lipinski definition) is 1. The van der Waals surface area contributed by atoms with Crippen LogP contribution in [0.15, 0.2) is 42.9 Å². The van der Waals surface area contributed by atoms with Crippen LogP contribution < -0.4 is 0 Å². The van der Waals surface area contributed by atoms with Crippen LogP contribution >= 0.6 is 22.9 Å². The molecule has 4 rings (SSSR count). The zero-order chi connectivity index (χ0) is 16.4. The lowest BCUT2D eigenvalue weighted by Crippen LogP contribution is -2.39. The Morgan fingerprint density at radius 2 is 2.29 bits per heavy atom. The molecule has 7 heteroatoms. The van der Waals surface area contributed by atoms with E-state index >= 15 is 0 Å². The van der Waals surface area contributed by atoms with Gasteiger partial charge in [0, 0.05) is 25.5 Å². The molecule has 5 nitrogen and oxygen atoms in total. The Bertz CT molecular complexity index is 804. The fourth-order valence-corrected chi connectivity index (χ4v) is 3.90. The minimum Gasteiger partial charge on any atom is -0.378 e. The van der Waals surface area contributed by atoms with E-state index in [1.165, 1.54) is 5.56 Å². The Labute approximate surface area is 149 Å². The Kier molecular flexibility index (Phi) is 4.62. The van der Waals surface area contributed by atoms with Gasteiger partial charge in [-0.3, -0.25) is 9.88 Å². The van der Waals surface area contributed by atoms with Gasteiger partial charge in [0.15, 0.2) is 0 Å². The van der Waals surface area contributed by atoms with Crippen LogP contribution in [0.5, 0.6) is 0 Å². The molecule has 3 aromatic heterocycles. The summed E-state index contributed by atoms with van der Waals surface area (Å²) < 4.78 is 6.47. The Hall–Kier alpha value is -1.73. The largest absolute Gasteiger partial charge is 0.378 e. The Morgan fingerprint density at radius 1 is 1.33 bits per heavy atom. The van der Waals surface area contributed by atoms with Crippen LogP contribution in [-0.4, -0.2) is 39.6 Å². The summed E-state index contributed by atoms with van der Waals surface area (Å²) in [5, 5.41) is 0. The van der Waals surface area contributed by atoms with Crippen molar-refractivity contribution in [3.05, 3.63) is 58.6 Å². The van der Waals surface area contributed by atoms with Crippen molar-refractivity contribution < 1.29 is 4.74 Å². The third-order valence-electron chi connectivity index (χ3n) is 4.10. The van der Waals surface area contributed by atoms with Gasteiger partial charge in [-0.15, -0.1) is 11.3 Å². The van der Waals surface area contributed by atoms with E-state index in [9.17, 15) is 0 Å². The maximum absolute atomic E-state index is 6.03. The molecule has 0 saturated carbocycles. The molecule has 1 saturated heterocycles. The first kappa shape index (κ1) is 15.8. The van der Waals surface area contributed by atoms with Gasteiger partial charge >= 0.3 is 0 Å². The second-order valence-electron chi connectivity index (χ2n) is 5.71. The fraction of sp³-hybridized carbons (Fsp3) is 0.294.